The van der Waals surface area contributed by atoms with Gasteiger partial charge in [0.25, 0.3) is 0 Å². The van der Waals surface area contributed by atoms with Crippen LogP contribution in [0.3, 0.4) is 0 Å². The third kappa shape index (κ3) is 3.02. The molecule has 2 aliphatic rings. The highest BCUT2D eigenvalue weighted by Crippen LogP contribution is 2.37. The summed E-state index contributed by atoms with van der Waals surface area (Å²) in [5.41, 5.74) is 4.83. The van der Waals surface area contributed by atoms with Crippen molar-refractivity contribution in [2.75, 3.05) is 25.9 Å². The predicted molar refractivity (Wildman–Crippen MR) is 79.3 cm³/mol. The summed E-state index contributed by atoms with van der Waals surface area (Å²) in [4.78, 5) is 13.8. The van der Waals surface area contributed by atoms with Crippen molar-refractivity contribution < 1.29 is 17.9 Å². The van der Waals surface area contributed by atoms with Crippen LogP contribution >= 0.6 is 0 Å². The van der Waals surface area contributed by atoms with Gasteiger partial charge in [-0.05, 0) is 33.6 Å². The second kappa shape index (κ2) is 5.10. The molecule has 0 aromatic carbocycles. The van der Waals surface area contributed by atoms with Gasteiger partial charge in [0.15, 0.2) is 0 Å². The molecule has 0 aromatic heterocycles. The number of nitrogens with two attached hydrogens (primary N) is 1. The first-order valence-electron chi connectivity index (χ1n) is 7.18. The molecule has 2 atom stereocenters. The number of carbonyl (C=O) groups excluding carboxylic acids is 1. The first kappa shape index (κ1) is 16.5. The van der Waals surface area contributed by atoms with Crippen molar-refractivity contribution >= 4 is 16.1 Å². The Morgan fingerprint density at radius 2 is 2.00 bits per heavy atom. The van der Waals surface area contributed by atoms with Crippen molar-refractivity contribution in [2.24, 2.45) is 5.73 Å². The van der Waals surface area contributed by atoms with E-state index in [-0.39, 0.29) is 5.75 Å². The van der Waals surface area contributed by atoms with Crippen molar-refractivity contribution in [2.45, 2.75) is 50.8 Å². The van der Waals surface area contributed by atoms with Crippen molar-refractivity contribution in [3.63, 3.8) is 0 Å². The minimum atomic E-state index is -3.34. The van der Waals surface area contributed by atoms with Gasteiger partial charge in [-0.25, -0.2) is 13.2 Å². The highest BCUT2D eigenvalue weighted by Gasteiger charge is 2.55. The summed E-state index contributed by atoms with van der Waals surface area (Å²) >= 11 is 0. The van der Waals surface area contributed by atoms with Crippen LogP contribution in [0.4, 0.5) is 4.79 Å². The molecule has 0 saturated carbocycles. The maximum Gasteiger partial charge on any atom is 0.410 e. The second-order valence-electron chi connectivity index (χ2n) is 6.96. The van der Waals surface area contributed by atoms with Gasteiger partial charge in [-0.1, -0.05) is 0 Å². The van der Waals surface area contributed by atoms with Crippen LogP contribution in [0.15, 0.2) is 0 Å². The van der Waals surface area contributed by atoms with Gasteiger partial charge in [0.1, 0.15) is 5.60 Å². The zero-order valence-electron chi connectivity index (χ0n) is 13.1. The van der Waals surface area contributed by atoms with E-state index >= 15 is 0 Å². The molecule has 2 unspecified atom stereocenters. The van der Waals surface area contributed by atoms with E-state index in [1.165, 1.54) is 4.31 Å². The normalized spacial score (nSPS) is 33.4. The van der Waals surface area contributed by atoms with Crippen LogP contribution in [0.2, 0.25) is 0 Å². The quantitative estimate of drug-likeness (QED) is 0.696. The standard InChI is InChI=1S/C13H25N3O4S/c1-12(2,3)20-11(17)16-7-5-6-13(9-16)10(14)8-21(18,19)15(13)4/h10H,5-9,14H2,1-4H3. The number of ether oxygens (including phenoxy) is 1. The maximum atomic E-state index is 12.2. The van der Waals surface area contributed by atoms with E-state index in [2.05, 4.69) is 0 Å². The number of piperidine rings is 1. The summed E-state index contributed by atoms with van der Waals surface area (Å²) in [6.07, 6.45) is 0.974. The summed E-state index contributed by atoms with van der Waals surface area (Å²) in [6, 6.07) is -0.488. The highest BCUT2D eigenvalue weighted by atomic mass is 32.2. The van der Waals surface area contributed by atoms with Gasteiger partial charge in [0.05, 0.1) is 11.3 Å². The SMILES string of the molecule is CN1C2(CCCN(C(=O)OC(C)(C)C)C2)C(N)CS1(=O)=O. The average molecular weight is 319 g/mol. The van der Waals surface area contributed by atoms with Gasteiger partial charge in [0.2, 0.25) is 10.0 Å². The fourth-order valence-corrected chi connectivity index (χ4v) is 4.94. The zero-order chi connectivity index (χ0) is 16.1. The predicted octanol–water partition coefficient (Wildman–Crippen LogP) is 0.359. The Morgan fingerprint density at radius 1 is 1.38 bits per heavy atom. The number of hydrogen-bond donors (Lipinski definition) is 1. The minimum absolute atomic E-state index is 0.0638. The molecule has 2 fully saturated rings. The molecular formula is C13H25N3O4S. The Bertz CT molecular complexity index is 528. The van der Waals surface area contributed by atoms with E-state index in [9.17, 15) is 13.2 Å². The molecule has 0 bridgehead atoms. The fourth-order valence-electron chi connectivity index (χ4n) is 3.11. The van der Waals surface area contributed by atoms with E-state index < -0.39 is 33.3 Å². The van der Waals surface area contributed by atoms with Crippen LogP contribution < -0.4 is 5.73 Å². The van der Waals surface area contributed by atoms with Gasteiger partial charge in [-0.3, -0.25) is 0 Å². The van der Waals surface area contributed by atoms with E-state index in [1.54, 1.807) is 11.9 Å². The van der Waals surface area contributed by atoms with Crippen molar-refractivity contribution in [1.29, 1.82) is 0 Å². The van der Waals surface area contributed by atoms with Crippen LogP contribution in [-0.2, 0) is 14.8 Å². The van der Waals surface area contributed by atoms with Crippen LogP contribution in [0, 0.1) is 0 Å². The molecule has 7 nitrogen and oxygen atoms in total. The smallest absolute Gasteiger partial charge is 0.410 e. The van der Waals surface area contributed by atoms with Gasteiger partial charge in [-0.15, -0.1) is 0 Å². The Kier molecular flexibility index (Phi) is 4.01. The van der Waals surface area contributed by atoms with E-state index in [4.69, 9.17) is 10.5 Å². The molecule has 21 heavy (non-hydrogen) atoms. The maximum absolute atomic E-state index is 12.2. The third-order valence-electron chi connectivity index (χ3n) is 4.28. The summed E-state index contributed by atoms with van der Waals surface area (Å²) in [5, 5.41) is 0. The number of nitrogens with zero attached hydrogens (tertiary/aromatic N) is 2. The molecule has 1 amide bonds. The summed E-state index contributed by atoms with van der Waals surface area (Å²) in [6.45, 7) is 6.28. The molecule has 8 heteroatoms. The van der Waals surface area contributed by atoms with Crippen LogP contribution in [-0.4, -0.2) is 66.8 Å². The number of likely N-dealkylation sites (tertiary alicyclic amines) is 1. The van der Waals surface area contributed by atoms with Gasteiger partial charge < -0.3 is 15.4 Å². The Morgan fingerprint density at radius 3 is 2.48 bits per heavy atom. The lowest BCUT2D eigenvalue weighted by molar-refractivity contribution is 0.00270. The average Bonchev–Trinajstić information content (AvgIpc) is 2.49. The fraction of sp³-hybridized carbons (Fsp3) is 0.923. The van der Waals surface area contributed by atoms with Gasteiger partial charge in [0, 0.05) is 26.2 Å². The van der Waals surface area contributed by atoms with Crippen molar-refractivity contribution in [3.05, 3.63) is 0 Å². The molecule has 0 radical (unpaired) electrons. The number of likely N-dealkylation sites (N-methyl/N-ethyl adjacent to an activating group) is 1. The number of amides is 1. The number of carbonyl (C=O) groups is 1. The number of hydrogen-bond acceptors (Lipinski definition) is 5. The van der Waals surface area contributed by atoms with Crippen LogP contribution in [0.25, 0.3) is 0 Å². The lowest BCUT2D eigenvalue weighted by atomic mass is 9.83. The van der Waals surface area contributed by atoms with E-state index in [0.717, 1.165) is 0 Å². The highest BCUT2D eigenvalue weighted by molar-refractivity contribution is 7.89. The Hall–Kier alpha value is -0.860. The molecule has 2 saturated heterocycles. The molecule has 122 valence electrons. The molecular weight excluding hydrogens is 294 g/mol. The molecule has 1 spiro atoms. The van der Waals surface area contributed by atoms with Gasteiger partial charge in [-0.2, -0.15) is 4.31 Å². The summed E-state index contributed by atoms with van der Waals surface area (Å²) < 4.78 is 30.9. The molecule has 2 N–H and O–H groups in total. The number of sulfonamides is 1. The lowest BCUT2D eigenvalue weighted by Gasteiger charge is -2.45. The minimum Gasteiger partial charge on any atom is -0.444 e. The summed E-state index contributed by atoms with van der Waals surface area (Å²) in [7, 11) is -1.78. The zero-order valence-corrected chi connectivity index (χ0v) is 13.9. The van der Waals surface area contributed by atoms with E-state index in [1.807, 2.05) is 20.8 Å². The second-order valence-corrected chi connectivity index (χ2v) is 9.01. The van der Waals surface area contributed by atoms with Crippen molar-refractivity contribution in [1.82, 2.24) is 9.21 Å². The van der Waals surface area contributed by atoms with Crippen LogP contribution in [0.5, 0.6) is 0 Å². The largest absolute Gasteiger partial charge is 0.444 e. The Balaban J connectivity index is 2.20. The molecule has 2 heterocycles. The molecule has 2 aliphatic heterocycles. The lowest BCUT2D eigenvalue weighted by Crippen LogP contribution is -2.63. The molecule has 0 aromatic rings. The van der Waals surface area contributed by atoms with Crippen molar-refractivity contribution in [3.8, 4) is 0 Å². The Labute approximate surface area is 126 Å². The first-order chi connectivity index (χ1) is 9.48. The molecule has 2 rings (SSSR count). The van der Waals surface area contributed by atoms with Crippen LogP contribution in [0.1, 0.15) is 33.6 Å². The van der Waals surface area contributed by atoms with Gasteiger partial charge >= 0.3 is 6.09 Å². The first-order valence-corrected chi connectivity index (χ1v) is 8.79. The summed E-state index contributed by atoms with van der Waals surface area (Å²) in [5.74, 6) is -0.0638. The third-order valence-corrected chi connectivity index (χ3v) is 6.26. The number of rotatable bonds is 0. The van der Waals surface area contributed by atoms with E-state index in [0.29, 0.717) is 25.9 Å². The molecule has 0 aliphatic carbocycles. The topological polar surface area (TPSA) is 92.9 Å². The monoisotopic (exact) mass is 319 g/mol.